The summed E-state index contributed by atoms with van der Waals surface area (Å²) < 4.78 is 0. The number of aromatic hydroxyl groups is 1. The van der Waals surface area contributed by atoms with Crippen molar-refractivity contribution in [3.05, 3.63) is 84.1 Å². The van der Waals surface area contributed by atoms with E-state index < -0.39 is 47.9 Å². The lowest BCUT2D eigenvalue weighted by molar-refractivity contribution is -0.142. The summed E-state index contributed by atoms with van der Waals surface area (Å²) in [5.41, 5.74) is 8.92. The molecule has 13 nitrogen and oxygen atoms in total. The standard InChI is InChI=1S/C32H39N7O6/c1-3-18(2)28(33)31(43)38-26(13-20-15-35-24-7-5-4-6-23(20)24)30(42)37-25(12-19-8-10-22(40)11-9-19)29(41)39-27(32(44)45)14-21-16-34-17-36-21/h4-11,15-18,25-28,35,40H,3,12-14,33H2,1-2H3,(H,34,36)(H,37,42)(H,38,43)(H,39,41)(H,44,45). The number of carbonyl (C=O) groups is 4. The van der Waals surface area contributed by atoms with E-state index in [-0.39, 0.29) is 30.9 Å². The zero-order chi connectivity index (χ0) is 32.5. The molecule has 5 atom stereocenters. The van der Waals surface area contributed by atoms with Gasteiger partial charge in [-0.05, 0) is 35.2 Å². The molecule has 0 aliphatic rings. The molecule has 2 heterocycles. The number of aromatic amines is 2. The molecule has 4 rings (SSSR count). The molecule has 9 N–H and O–H groups in total. The smallest absolute Gasteiger partial charge is 0.326 e. The Morgan fingerprint density at radius 2 is 1.51 bits per heavy atom. The van der Waals surface area contributed by atoms with Crippen molar-refractivity contribution < 1.29 is 29.4 Å². The van der Waals surface area contributed by atoms with E-state index in [1.54, 1.807) is 18.3 Å². The molecule has 45 heavy (non-hydrogen) atoms. The van der Waals surface area contributed by atoms with Crippen molar-refractivity contribution >= 4 is 34.6 Å². The van der Waals surface area contributed by atoms with Gasteiger partial charge in [0.2, 0.25) is 17.7 Å². The van der Waals surface area contributed by atoms with Crippen LogP contribution >= 0.6 is 0 Å². The molecule has 4 aromatic rings. The largest absolute Gasteiger partial charge is 0.508 e. The number of H-pyrrole nitrogens is 2. The first-order chi connectivity index (χ1) is 21.5. The van der Waals surface area contributed by atoms with Gasteiger partial charge in [-0.15, -0.1) is 0 Å². The topological polar surface area (TPSA) is 215 Å². The molecule has 5 unspecified atom stereocenters. The number of aliphatic carboxylic acids is 1. The summed E-state index contributed by atoms with van der Waals surface area (Å²) in [4.78, 5) is 62.6. The molecule has 238 valence electrons. The molecule has 0 aliphatic heterocycles. The number of carboxylic acid groups (broad SMARTS) is 1. The minimum Gasteiger partial charge on any atom is -0.508 e. The number of fused-ring (bicyclic) bond motifs is 1. The fourth-order valence-corrected chi connectivity index (χ4v) is 4.95. The number of hydrogen-bond donors (Lipinski definition) is 8. The molecule has 0 bridgehead atoms. The average Bonchev–Trinajstić information content (AvgIpc) is 3.70. The molecular weight excluding hydrogens is 578 g/mol. The van der Waals surface area contributed by atoms with Crippen LogP contribution in [0.25, 0.3) is 10.9 Å². The van der Waals surface area contributed by atoms with Crippen molar-refractivity contribution in [2.45, 2.75) is 63.7 Å². The Hall–Kier alpha value is -5.17. The Morgan fingerprint density at radius 1 is 0.867 bits per heavy atom. The Bertz CT molecular complexity index is 1600. The Labute approximate surface area is 260 Å². The maximum Gasteiger partial charge on any atom is 0.326 e. The van der Waals surface area contributed by atoms with Crippen molar-refractivity contribution in [3.8, 4) is 5.75 Å². The van der Waals surface area contributed by atoms with Crippen molar-refractivity contribution in [2.24, 2.45) is 11.7 Å². The third-order valence-corrected chi connectivity index (χ3v) is 7.89. The van der Waals surface area contributed by atoms with Crippen LogP contribution in [-0.4, -0.2) is 73.0 Å². The molecule has 0 saturated carbocycles. The molecule has 0 radical (unpaired) electrons. The van der Waals surface area contributed by atoms with Crippen LogP contribution < -0.4 is 21.7 Å². The van der Waals surface area contributed by atoms with Gasteiger partial charge < -0.3 is 41.9 Å². The first kappa shape index (κ1) is 32.7. The first-order valence-corrected chi connectivity index (χ1v) is 14.7. The molecule has 2 aromatic carbocycles. The number of para-hydroxylation sites is 1. The molecular formula is C32H39N7O6. The lowest BCUT2D eigenvalue weighted by atomic mass is 9.98. The van der Waals surface area contributed by atoms with Gasteiger partial charge in [0.05, 0.1) is 12.4 Å². The van der Waals surface area contributed by atoms with Crippen LogP contribution in [0.5, 0.6) is 5.75 Å². The maximum absolute atomic E-state index is 13.9. The molecule has 2 aromatic heterocycles. The highest BCUT2D eigenvalue weighted by atomic mass is 16.4. The molecule has 0 aliphatic carbocycles. The average molecular weight is 618 g/mol. The number of phenolic OH excluding ortho intramolecular Hbond substituents is 1. The van der Waals surface area contributed by atoms with Gasteiger partial charge in [-0.2, -0.15) is 0 Å². The fourth-order valence-electron chi connectivity index (χ4n) is 4.95. The van der Waals surface area contributed by atoms with E-state index in [9.17, 15) is 29.4 Å². The second-order valence-electron chi connectivity index (χ2n) is 11.1. The minimum atomic E-state index is -1.31. The van der Waals surface area contributed by atoms with Gasteiger partial charge in [0.1, 0.15) is 23.9 Å². The Balaban J connectivity index is 1.61. The van der Waals surface area contributed by atoms with Gasteiger partial charge in [-0.1, -0.05) is 50.6 Å². The predicted molar refractivity (Wildman–Crippen MR) is 167 cm³/mol. The number of nitrogens with two attached hydrogens (primary N) is 1. The van der Waals surface area contributed by atoms with Gasteiger partial charge in [-0.25, -0.2) is 9.78 Å². The number of imidazole rings is 1. The van der Waals surface area contributed by atoms with Crippen LogP contribution in [0.4, 0.5) is 0 Å². The summed E-state index contributed by atoms with van der Waals surface area (Å²) in [6.45, 7) is 3.76. The summed E-state index contributed by atoms with van der Waals surface area (Å²) in [5.74, 6) is -3.28. The van der Waals surface area contributed by atoms with Crippen molar-refractivity contribution in [1.82, 2.24) is 30.9 Å². The van der Waals surface area contributed by atoms with Crippen molar-refractivity contribution in [2.75, 3.05) is 0 Å². The highest BCUT2D eigenvalue weighted by molar-refractivity contribution is 5.95. The minimum absolute atomic E-state index is 0.0195. The highest BCUT2D eigenvalue weighted by Crippen LogP contribution is 2.20. The second-order valence-corrected chi connectivity index (χ2v) is 11.1. The summed E-state index contributed by atoms with van der Waals surface area (Å²) in [5, 5.41) is 28.5. The maximum atomic E-state index is 13.9. The second kappa shape index (κ2) is 15.0. The number of hydrogen-bond acceptors (Lipinski definition) is 7. The lowest BCUT2D eigenvalue weighted by Gasteiger charge is -2.26. The number of rotatable bonds is 15. The molecule has 0 fully saturated rings. The molecule has 3 amide bonds. The van der Waals surface area contributed by atoms with Crippen LogP contribution in [-0.2, 0) is 38.4 Å². The highest BCUT2D eigenvalue weighted by Gasteiger charge is 2.32. The molecule has 13 heteroatoms. The van der Waals surface area contributed by atoms with E-state index in [4.69, 9.17) is 5.73 Å². The van der Waals surface area contributed by atoms with Crippen LogP contribution in [0.2, 0.25) is 0 Å². The van der Waals surface area contributed by atoms with E-state index in [0.717, 1.165) is 16.5 Å². The number of amides is 3. The van der Waals surface area contributed by atoms with E-state index >= 15 is 0 Å². The van der Waals surface area contributed by atoms with Crippen LogP contribution in [0.15, 0.2) is 67.3 Å². The lowest BCUT2D eigenvalue weighted by Crippen LogP contribution is -2.58. The van der Waals surface area contributed by atoms with Crippen LogP contribution in [0.3, 0.4) is 0 Å². The summed E-state index contributed by atoms with van der Waals surface area (Å²) in [6.07, 6.45) is 5.30. The third kappa shape index (κ3) is 8.70. The number of phenols is 1. The van der Waals surface area contributed by atoms with Gasteiger partial charge in [-0.3, -0.25) is 14.4 Å². The zero-order valence-electron chi connectivity index (χ0n) is 25.1. The van der Waals surface area contributed by atoms with Crippen molar-refractivity contribution in [1.29, 1.82) is 0 Å². The van der Waals surface area contributed by atoms with Gasteiger partial charge >= 0.3 is 5.97 Å². The number of nitrogens with zero attached hydrogens (tertiary/aromatic N) is 1. The Kier molecular flexibility index (Phi) is 10.9. The van der Waals surface area contributed by atoms with Crippen LogP contribution in [0.1, 0.15) is 37.1 Å². The van der Waals surface area contributed by atoms with E-state index in [1.165, 1.54) is 24.7 Å². The van der Waals surface area contributed by atoms with E-state index in [1.807, 2.05) is 38.1 Å². The monoisotopic (exact) mass is 617 g/mol. The SMILES string of the molecule is CCC(C)C(N)C(=O)NC(Cc1c[nH]c2ccccc12)C(=O)NC(Cc1ccc(O)cc1)C(=O)NC(Cc1cnc[nH]1)C(=O)O. The van der Waals surface area contributed by atoms with E-state index in [2.05, 4.69) is 30.9 Å². The summed E-state index contributed by atoms with van der Waals surface area (Å²) in [7, 11) is 0. The fraction of sp³-hybridized carbons (Fsp3) is 0.344. The van der Waals surface area contributed by atoms with Crippen molar-refractivity contribution in [3.63, 3.8) is 0 Å². The number of carbonyl (C=O) groups excluding carboxylic acids is 3. The third-order valence-electron chi connectivity index (χ3n) is 7.89. The predicted octanol–water partition coefficient (Wildman–Crippen LogP) is 1.54. The summed E-state index contributed by atoms with van der Waals surface area (Å²) in [6, 6.07) is 9.11. The Morgan fingerprint density at radius 3 is 2.16 bits per heavy atom. The van der Waals surface area contributed by atoms with Gasteiger partial charge in [0.15, 0.2) is 0 Å². The van der Waals surface area contributed by atoms with E-state index in [0.29, 0.717) is 17.7 Å². The number of benzene rings is 2. The number of carboxylic acids is 1. The number of aromatic nitrogens is 3. The molecule has 0 saturated heterocycles. The molecule has 0 spiro atoms. The normalized spacial score (nSPS) is 14.6. The summed E-state index contributed by atoms with van der Waals surface area (Å²) >= 11 is 0. The quantitative estimate of drug-likeness (QED) is 0.0977. The van der Waals surface area contributed by atoms with Gasteiger partial charge in [0, 0.05) is 48.3 Å². The van der Waals surface area contributed by atoms with Crippen LogP contribution in [0, 0.1) is 5.92 Å². The zero-order valence-corrected chi connectivity index (χ0v) is 25.1. The first-order valence-electron chi connectivity index (χ1n) is 14.7. The van der Waals surface area contributed by atoms with Gasteiger partial charge in [0.25, 0.3) is 0 Å². The number of nitrogens with one attached hydrogen (secondary N) is 5.